The van der Waals surface area contributed by atoms with Crippen LogP contribution < -0.4 is 4.90 Å². The summed E-state index contributed by atoms with van der Waals surface area (Å²) in [5, 5.41) is 2.68. The molecule has 3 aromatic carbocycles. The first kappa shape index (κ1) is 27.6. The van der Waals surface area contributed by atoms with E-state index in [1.54, 1.807) is 12.1 Å². The molecule has 0 saturated carbocycles. The zero-order chi connectivity index (χ0) is 24.8. The molecular formula is C32H35Cl2FN4. The molecule has 0 bridgehead atoms. The van der Waals surface area contributed by atoms with Crippen molar-refractivity contribution in [3.8, 4) is 0 Å². The molecule has 2 aliphatic rings. The summed E-state index contributed by atoms with van der Waals surface area (Å²) in [6, 6.07) is 24.4. The number of H-pyrrole nitrogens is 2. The zero-order valence-electron chi connectivity index (χ0n) is 21.9. The summed E-state index contributed by atoms with van der Waals surface area (Å²) in [4.78, 5) is 12.2. The van der Waals surface area contributed by atoms with Gasteiger partial charge in [-0.1, -0.05) is 36.4 Å². The minimum atomic E-state index is -0.165. The smallest absolute Gasteiger partial charge is 0.123 e. The third-order valence-electron chi connectivity index (χ3n) is 8.91. The van der Waals surface area contributed by atoms with Gasteiger partial charge in [-0.3, -0.25) is 0 Å². The Hall–Kier alpha value is -2.99. The van der Waals surface area contributed by atoms with Gasteiger partial charge in [0, 0.05) is 64.9 Å². The van der Waals surface area contributed by atoms with Gasteiger partial charge in [0.2, 0.25) is 0 Å². The van der Waals surface area contributed by atoms with Crippen molar-refractivity contribution >= 4 is 52.3 Å². The molecule has 7 rings (SSSR count). The van der Waals surface area contributed by atoms with Crippen molar-refractivity contribution in [1.82, 2.24) is 14.9 Å². The number of hydrogen-bond acceptors (Lipinski definition) is 2. The van der Waals surface area contributed by atoms with Gasteiger partial charge >= 0.3 is 0 Å². The van der Waals surface area contributed by atoms with Crippen LogP contribution in [-0.4, -0.2) is 47.6 Å². The van der Waals surface area contributed by atoms with Crippen LogP contribution in [0.15, 0.2) is 85.2 Å². The summed E-state index contributed by atoms with van der Waals surface area (Å²) in [5.74, 6) is 0.487. The molecule has 4 heterocycles. The van der Waals surface area contributed by atoms with Gasteiger partial charge in [-0.05, 0) is 85.8 Å². The van der Waals surface area contributed by atoms with E-state index in [1.807, 2.05) is 12.1 Å². The lowest BCUT2D eigenvalue weighted by Gasteiger charge is -2.43. The van der Waals surface area contributed by atoms with E-state index in [0.717, 1.165) is 51.3 Å². The van der Waals surface area contributed by atoms with Gasteiger partial charge in [0.1, 0.15) is 5.82 Å². The average molecular weight is 566 g/mol. The zero-order valence-corrected chi connectivity index (χ0v) is 23.5. The minimum absolute atomic E-state index is 0. The number of likely N-dealkylation sites (tertiary alicyclic amines) is 1. The number of benzene rings is 3. The average Bonchev–Trinajstić information content (AvgIpc) is 3.69. The summed E-state index contributed by atoms with van der Waals surface area (Å²) in [5.41, 5.74) is 6.40. The lowest BCUT2D eigenvalue weighted by molar-refractivity contribution is 0.161. The van der Waals surface area contributed by atoms with Gasteiger partial charge in [0.25, 0.3) is 0 Å². The third kappa shape index (κ3) is 4.93. The van der Waals surface area contributed by atoms with Crippen molar-refractivity contribution in [2.45, 2.75) is 24.7 Å². The molecule has 2 aliphatic heterocycles. The number of rotatable bonds is 5. The van der Waals surface area contributed by atoms with Crippen molar-refractivity contribution in [2.75, 3.05) is 37.6 Å². The maximum Gasteiger partial charge on any atom is 0.123 e. The van der Waals surface area contributed by atoms with E-state index in [2.05, 4.69) is 80.7 Å². The number of nitrogens with one attached hydrogen (secondary N) is 2. The SMILES string of the molecule is Cl.Cl.Fc1ccc(N2CCC(CN3CCC(c4c[nH]c5ccccc45)(c4c[nH]c5ccccc45)CC3)C2)cc1. The second kappa shape index (κ2) is 11.2. The second-order valence-electron chi connectivity index (χ2n) is 11.0. The van der Waals surface area contributed by atoms with Gasteiger partial charge in [0.15, 0.2) is 0 Å². The fourth-order valence-corrected chi connectivity index (χ4v) is 6.97. The van der Waals surface area contributed by atoms with E-state index in [0.29, 0.717) is 5.92 Å². The van der Waals surface area contributed by atoms with E-state index in [4.69, 9.17) is 0 Å². The largest absolute Gasteiger partial charge is 0.371 e. The quantitative estimate of drug-likeness (QED) is 0.231. The summed E-state index contributed by atoms with van der Waals surface area (Å²) in [6.45, 7) is 5.42. The summed E-state index contributed by atoms with van der Waals surface area (Å²) >= 11 is 0. The molecule has 204 valence electrons. The number of aromatic amines is 2. The standard InChI is InChI=1S/C32H33FN4.2ClH/c33-24-9-11-25(12-10-24)37-16-13-23(22-37)21-36-17-14-32(15-18-36,28-19-34-30-7-3-1-5-26(28)30)29-20-35-31-8-4-2-6-27(29)31;;/h1-12,19-20,23,34-35H,13-18,21-22H2;2*1H. The number of para-hydroxylation sites is 2. The number of nitrogens with zero attached hydrogens (tertiary/aromatic N) is 2. The van der Waals surface area contributed by atoms with E-state index in [9.17, 15) is 4.39 Å². The molecule has 0 spiro atoms. The van der Waals surface area contributed by atoms with E-state index in [1.165, 1.54) is 39.4 Å². The molecule has 39 heavy (non-hydrogen) atoms. The molecule has 2 N–H and O–H groups in total. The molecule has 0 aliphatic carbocycles. The first-order valence-electron chi connectivity index (χ1n) is 13.6. The van der Waals surface area contributed by atoms with E-state index < -0.39 is 0 Å². The van der Waals surface area contributed by atoms with Gasteiger partial charge in [0.05, 0.1) is 0 Å². The molecule has 1 atom stereocenters. The Morgan fingerprint density at radius 1 is 0.744 bits per heavy atom. The summed E-state index contributed by atoms with van der Waals surface area (Å²) < 4.78 is 13.4. The molecule has 0 radical (unpaired) electrons. The Balaban J connectivity index is 0.00000154. The first-order chi connectivity index (χ1) is 18.2. The normalized spacial score (nSPS) is 19.2. The monoisotopic (exact) mass is 564 g/mol. The Morgan fingerprint density at radius 2 is 1.31 bits per heavy atom. The van der Waals surface area contributed by atoms with Crippen molar-refractivity contribution in [3.05, 3.63) is 102 Å². The van der Waals surface area contributed by atoms with Crippen LogP contribution in [0.25, 0.3) is 21.8 Å². The second-order valence-corrected chi connectivity index (χ2v) is 11.0. The Labute approximate surface area is 241 Å². The van der Waals surface area contributed by atoms with E-state index in [-0.39, 0.29) is 36.0 Å². The maximum atomic E-state index is 13.4. The Kier molecular flexibility index (Phi) is 7.95. The topological polar surface area (TPSA) is 38.1 Å². The van der Waals surface area contributed by atoms with Crippen LogP contribution >= 0.6 is 24.8 Å². The van der Waals surface area contributed by atoms with Crippen molar-refractivity contribution in [3.63, 3.8) is 0 Å². The third-order valence-corrected chi connectivity index (χ3v) is 8.91. The number of hydrogen-bond donors (Lipinski definition) is 2. The molecular weight excluding hydrogens is 530 g/mol. The van der Waals surface area contributed by atoms with E-state index >= 15 is 0 Å². The van der Waals surface area contributed by atoms with Crippen LogP contribution in [0.4, 0.5) is 10.1 Å². The van der Waals surface area contributed by atoms with Gasteiger partial charge < -0.3 is 19.8 Å². The lowest BCUT2D eigenvalue weighted by Crippen LogP contribution is -2.45. The number of anilines is 1. The van der Waals surface area contributed by atoms with Crippen LogP contribution in [0.1, 0.15) is 30.4 Å². The van der Waals surface area contributed by atoms with Gasteiger partial charge in [-0.15, -0.1) is 24.8 Å². The number of aromatic nitrogens is 2. The fourth-order valence-electron chi connectivity index (χ4n) is 6.97. The van der Waals surface area contributed by atoms with Crippen LogP contribution in [0, 0.1) is 11.7 Å². The maximum absolute atomic E-state index is 13.4. The Bertz CT molecular complexity index is 1460. The molecule has 2 saturated heterocycles. The van der Waals surface area contributed by atoms with Crippen LogP contribution in [-0.2, 0) is 5.41 Å². The molecule has 2 aromatic heterocycles. The first-order valence-corrected chi connectivity index (χ1v) is 13.6. The van der Waals surface area contributed by atoms with Crippen molar-refractivity contribution < 1.29 is 4.39 Å². The van der Waals surface area contributed by atoms with Gasteiger partial charge in [-0.2, -0.15) is 0 Å². The highest BCUT2D eigenvalue weighted by atomic mass is 35.5. The fraction of sp³-hybridized carbons (Fsp3) is 0.312. The minimum Gasteiger partial charge on any atom is -0.371 e. The predicted octanol–water partition coefficient (Wildman–Crippen LogP) is 7.54. The highest BCUT2D eigenvalue weighted by Gasteiger charge is 2.41. The molecule has 4 nitrogen and oxygen atoms in total. The highest BCUT2D eigenvalue weighted by molar-refractivity contribution is 5.89. The summed E-state index contributed by atoms with van der Waals surface area (Å²) in [6.07, 6.45) is 7.93. The van der Waals surface area contributed by atoms with Crippen molar-refractivity contribution in [1.29, 1.82) is 0 Å². The number of piperidine rings is 1. The molecule has 7 heteroatoms. The molecule has 2 fully saturated rings. The van der Waals surface area contributed by atoms with Crippen LogP contribution in [0.3, 0.4) is 0 Å². The molecule has 5 aromatic rings. The molecule has 0 amide bonds. The van der Waals surface area contributed by atoms with Crippen LogP contribution in [0.5, 0.6) is 0 Å². The highest BCUT2D eigenvalue weighted by Crippen LogP contribution is 2.47. The van der Waals surface area contributed by atoms with Crippen molar-refractivity contribution in [2.24, 2.45) is 5.92 Å². The van der Waals surface area contributed by atoms with Gasteiger partial charge in [-0.25, -0.2) is 4.39 Å². The number of fused-ring (bicyclic) bond motifs is 2. The van der Waals surface area contributed by atoms with Crippen LogP contribution in [0.2, 0.25) is 0 Å². The lowest BCUT2D eigenvalue weighted by atomic mass is 9.67. The Morgan fingerprint density at radius 3 is 1.90 bits per heavy atom. The molecule has 1 unspecified atom stereocenters. The summed E-state index contributed by atoms with van der Waals surface area (Å²) in [7, 11) is 0. The number of halogens is 3. The predicted molar refractivity (Wildman–Crippen MR) is 164 cm³/mol.